The number of aryl methyl sites for hydroxylation is 1. The normalized spacial score (nSPS) is 15.2. The number of benzene rings is 2. The van der Waals surface area contributed by atoms with Crippen LogP contribution in [-0.2, 0) is 16.0 Å². The van der Waals surface area contributed by atoms with Crippen LogP contribution < -0.4 is 4.90 Å². The fraction of sp³-hybridized carbons (Fsp3) is 0.423. The Labute approximate surface area is 194 Å². The molecular weight excluding hydrogens is 418 g/mol. The van der Waals surface area contributed by atoms with Crippen LogP contribution in [0.3, 0.4) is 0 Å². The summed E-state index contributed by atoms with van der Waals surface area (Å²) in [5.74, 6) is 0.0922. The summed E-state index contributed by atoms with van der Waals surface area (Å²) in [6.45, 7) is 9.20. The van der Waals surface area contributed by atoms with E-state index in [2.05, 4.69) is 19.1 Å². The Kier molecular flexibility index (Phi) is 6.33. The molecule has 1 aromatic heterocycles. The Balaban J connectivity index is 1.61. The van der Waals surface area contributed by atoms with Gasteiger partial charge in [0, 0.05) is 24.4 Å². The van der Waals surface area contributed by atoms with Gasteiger partial charge in [0.05, 0.1) is 15.9 Å². The molecule has 0 aliphatic carbocycles. The highest BCUT2D eigenvalue weighted by atomic mass is 32.1. The van der Waals surface area contributed by atoms with Crippen molar-refractivity contribution in [2.24, 2.45) is 11.3 Å². The predicted octanol–water partition coefficient (Wildman–Crippen LogP) is 5.81. The lowest BCUT2D eigenvalue weighted by atomic mass is 9.90. The number of carbonyl (C=O) groups excluding carboxylic acids is 2. The summed E-state index contributed by atoms with van der Waals surface area (Å²) in [6.07, 6.45) is 2.31. The Morgan fingerprint density at radius 2 is 1.72 bits per heavy atom. The first-order valence-corrected chi connectivity index (χ1v) is 12.2. The number of amides is 2. The van der Waals surface area contributed by atoms with Crippen molar-refractivity contribution in [3.05, 3.63) is 54.1 Å². The lowest BCUT2D eigenvalue weighted by Crippen LogP contribution is -2.46. The van der Waals surface area contributed by atoms with Gasteiger partial charge in [-0.1, -0.05) is 63.3 Å². The van der Waals surface area contributed by atoms with E-state index in [1.807, 2.05) is 62.1 Å². The molecule has 2 aromatic carbocycles. The van der Waals surface area contributed by atoms with Crippen molar-refractivity contribution in [3.63, 3.8) is 0 Å². The van der Waals surface area contributed by atoms with E-state index in [0.29, 0.717) is 31.1 Å². The molecule has 2 heterocycles. The molecule has 1 aliphatic rings. The standard InChI is InChI=1S/C26H31N3O2S/c1-5-18-10-12-20(13-11-18)29(25-27-21-8-6-7-9-22(21)32-25)23(30)19-14-16-28(17-15-19)24(31)26(2,3)4/h6-13,19H,5,14-17H2,1-4H3. The number of nitrogens with zero attached hydrogens (tertiary/aromatic N) is 3. The van der Waals surface area contributed by atoms with Crippen molar-refractivity contribution in [1.29, 1.82) is 0 Å². The van der Waals surface area contributed by atoms with Gasteiger partial charge in [0.25, 0.3) is 0 Å². The average molecular weight is 450 g/mol. The molecule has 0 N–H and O–H groups in total. The first-order valence-electron chi connectivity index (χ1n) is 11.4. The third-order valence-electron chi connectivity index (χ3n) is 6.07. The van der Waals surface area contributed by atoms with Gasteiger partial charge in [-0.25, -0.2) is 4.98 Å². The highest BCUT2D eigenvalue weighted by Gasteiger charge is 2.35. The third-order valence-corrected chi connectivity index (χ3v) is 7.09. The molecule has 0 bridgehead atoms. The van der Waals surface area contributed by atoms with Crippen LogP contribution in [-0.4, -0.2) is 34.8 Å². The van der Waals surface area contributed by atoms with E-state index < -0.39 is 5.41 Å². The van der Waals surface area contributed by atoms with Gasteiger partial charge in [0.2, 0.25) is 11.8 Å². The highest BCUT2D eigenvalue weighted by molar-refractivity contribution is 7.22. The van der Waals surface area contributed by atoms with Crippen molar-refractivity contribution in [3.8, 4) is 0 Å². The Morgan fingerprint density at radius 3 is 2.31 bits per heavy atom. The molecule has 1 saturated heterocycles. The number of aromatic nitrogens is 1. The van der Waals surface area contributed by atoms with Crippen molar-refractivity contribution in [2.45, 2.75) is 47.0 Å². The summed E-state index contributed by atoms with van der Waals surface area (Å²) in [7, 11) is 0. The molecule has 6 heteroatoms. The second kappa shape index (κ2) is 9.02. The lowest BCUT2D eigenvalue weighted by Gasteiger charge is -2.36. The van der Waals surface area contributed by atoms with Crippen molar-refractivity contribution >= 4 is 44.2 Å². The zero-order valence-corrected chi connectivity index (χ0v) is 20.1. The molecule has 5 nitrogen and oxygen atoms in total. The predicted molar refractivity (Wildman–Crippen MR) is 131 cm³/mol. The SMILES string of the molecule is CCc1ccc(N(C(=O)C2CCN(C(=O)C(C)(C)C)CC2)c2nc3ccccc3s2)cc1. The minimum Gasteiger partial charge on any atom is -0.342 e. The Bertz CT molecular complexity index is 1070. The number of rotatable bonds is 4. The molecule has 0 unspecified atom stereocenters. The van der Waals surface area contributed by atoms with Gasteiger partial charge in [-0.15, -0.1) is 0 Å². The van der Waals surface area contributed by atoms with Crippen LogP contribution in [0.1, 0.15) is 46.1 Å². The summed E-state index contributed by atoms with van der Waals surface area (Å²) < 4.78 is 1.07. The molecule has 0 saturated carbocycles. The quantitative estimate of drug-likeness (QED) is 0.505. The monoisotopic (exact) mass is 449 g/mol. The molecule has 0 radical (unpaired) electrons. The third kappa shape index (κ3) is 4.56. The number of thiazole rings is 1. The molecule has 0 atom stereocenters. The first kappa shape index (κ1) is 22.5. The van der Waals surface area contributed by atoms with Crippen LogP contribution in [0.4, 0.5) is 10.8 Å². The number of piperidine rings is 1. The van der Waals surface area contributed by atoms with Gasteiger partial charge in [-0.2, -0.15) is 0 Å². The fourth-order valence-electron chi connectivity index (χ4n) is 4.15. The minimum absolute atomic E-state index is 0.0659. The second-order valence-corrected chi connectivity index (χ2v) is 10.5. The summed E-state index contributed by atoms with van der Waals surface area (Å²) in [4.78, 5) is 34.9. The van der Waals surface area contributed by atoms with Gasteiger partial charge in [0.15, 0.2) is 5.13 Å². The van der Waals surface area contributed by atoms with Gasteiger partial charge in [-0.05, 0) is 49.1 Å². The fourth-order valence-corrected chi connectivity index (χ4v) is 5.15. The summed E-state index contributed by atoms with van der Waals surface area (Å²) in [5.41, 5.74) is 2.59. The lowest BCUT2D eigenvalue weighted by molar-refractivity contribution is -0.142. The van der Waals surface area contributed by atoms with Crippen LogP contribution in [0.5, 0.6) is 0 Å². The molecule has 1 fully saturated rings. The van der Waals surface area contributed by atoms with Gasteiger partial charge in [-0.3, -0.25) is 14.5 Å². The molecule has 3 aromatic rings. The number of carbonyl (C=O) groups is 2. The minimum atomic E-state index is -0.398. The number of likely N-dealkylation sites (tertiary alicyclic amines) is 1. The van der Waals surface area contributed by atoms with E-state index in [4.69, 9.17) is 4.98 Å². The zero-order valence-electron chi connectivity index (χ0n) is 19.3. The highest BCUT2D eigenvalue weighted by Crippen LogP contribution is 2.36. The molecular formula is C26H31N3O2S. The summed E-state index contributed by atoms with van der Waals surface area (Å²) in [6, 6.07) is 16.2. The van der Waals surface area contributed by atoms with Crippen LogP contribution in [0.15, 0.2) is 48.5 Å². The number of hydrogen-bond acceptors (Lipinski definition) is 4. The molecule has 32 heavy (non-hydrogen) atoms. The van der Waals surface area contributed by atoms with E-state index in [1.54, 1.807) is 16.2 Å². The first-order chi connectivity index (χ1) is 15.3. The number of fused-ring (bicyclic) bond motifs is 1. The summed E-state index contributed by atoms with van der Waals surface area (Å²) in [5, 5.41) is 0.702. The average Bonchev–Trinajstić information content (AvgIpc) is 3.22. The van der Waals surface area contributed by atoms with Crippen LogP contribution >= 0.6 is 11.3 Å². The number of para-hydroxylation sites is 1. The van der Waals surface area contributed by atoms with Crippen molar-refractivity contribution < 1.29 is 9.59 Å². The Morgan fingerprint density at radius 1 is 1.06 bits per heavy atom. The molecule has 4 rings (SSSR count). The molecule has 168 valence electrons. The summed E-state index contributed by atoms with van der Waals surface area (Å²) >= 11 is 1.54. The van der Waals surface area contributed by atoms with E-state index in [1.165, 1.54) is 5.56 Å². The van der Waals surface area contributed by atoms with Crippen molar-refractivity contribution in [2.75, 3.05) is 18.0 Å². The zero-order chi connectivity index (χ0) is 22.9. The van der Waals surface area contributed by atoms with E-state index in [-0.39, 0.29) is 17.7 Å². The second-order valence-electron chi connectivity index (χ2n) is 9.47. The van der Waals surface area contributed by atoms with Crippen LogP contribution in [0, 0.1) is 11.3 Å². The van der Waals surface area contributed by atoms with E-state index in [9.17, 15) is 9.59 Å². The molecule has 0 spiro atoms. The maximum Gasteiger partial charge on any atom is 0.236 e. The van der Waals surface area contributed by atoms with Gasteiger partial charge in [0.1, 0.15) is 0 Å². The maximum absolute atomic E-state index is 13.8. The number of anilines is 2. The molecule has 1 aliphatic heterocycles. The van der Waals surface area contributed by atoms with Crippen molar-refractivity contribution in [1.82, 2.24) is 9.88 Å². The largest absolute Gasteiger partial charge is 0.342 e. The van der Waals surface area contributed by atoms with Crippen LogP contribution in [0.25, 0.3) is 10.2 Å². The van der Waals surface area contributed by atoms with Gasteiger partial charge < -0.3 is 4.90 Å². The van der Waals surface area contributed by atoms with Gasteiger partial charge >= 0.3 is 0 Å². The smallest absolute Gasteiger partial charge is 0.236 e. The topological polar surface area (TPSA) is 53.5 Å². The Hall–Kier alpha value is -2.73. The van der Waals surface area contributed by atoms with E-state index in [0.717, 1.165) is 22.3 Å². The number of hydrogen-bond donors (Lipinski definition) is 0. The van der Waals surface area contributed by atoms with E-state index >= 15 is 0 Å². The van der Waals surface area contributed by atoms with Crippen LogP contribution in [0.2, 0.25) is 0 Å². The molecule has 2 amide bonds. The maximum atomic E-state index is 13.8.